The van der Waals surface area contributed by atoms with E-state index >= 15 is 0 Å². The van der Waals surface area contributed by atoms with Crippen LogP contribution in [0, 0.1) is 0 Å². The van der Waals surface area contributed by atoms with Crippen molar-refractivity contribution in [3.05, 3.63) is 279 Å². The Bertz CT molecular complexity index is 7130. The van der Waals surface area contributed by atoms with E-state index in [1.54, 1.807) is 36.1 Å². The zero-order valence-electron chi connectivity index (χ0n) is 78.4. The molecule has 692 valence electrons. The third kappa shape index (κ3) is 13.9. The summed E-state index contributed by atoms with van der Waals surface area (Å²) in [6.07, 6.45) is 6.80. The predicted octanol–water partition coefficient (Wildman–Crippen LogP) is 12.7. The molecule has 16 heterocycles. The number of imide groups is 8. The molecule has 24 nitrogen and oxygen atoms in total. The van der Waals surface area contributed by atoms with Gasteiger partial charge in [-0.05, 0) is 0 Å². The summed E-state index contributed by atoms with van der Waals surface area (Å²) in [6, 6.07) is 67.1. The summed E-state index contributed by atoms with van der Waals surface area (Å²) >= 11 is 0.890. The molecule has 0 bridgehead atoms. The van der Waals surface area contributed by atoms with E-state index in [4.69, 9.17) is 0 Å². The fraction of sp³-hybridized carbons (Fsp3) is 0.208. The van der Waals surface area contributed by atoms with Crippen LogP contribution in [0.4, 0.5) is 82.9 Å². The average molecular weight is 2310 g/mol. The SMILES string of the molecule is CN1C(=O)C(=Cc2cc3c([se]2)N2c4ccccc4C(C)(C)c4cccc(c42)S3)C(=O)N(C)C1=O.CN1C(=O)C(=Cc2cc3c([se]2)N2c4ccccc4C(C)(C)c4cccc(c42)[Se]3)C(=O)N(C)C1=O.CN1C(=O)C(=Cc2cc3c([se]2)N2c4ccccc4C(C)(C)c4cccc(c42)[Si]3(C)C)C(=O)N(C)C1=O.CN1C(=O)C(=Cc2cc3c([se]2)N2c4ccccc4C(C)(C)c4cccc(c42)[Te]3)C(=O)N(C)C1=O. The zero-order valence-corrected chi connectivity index (χ0v) is 91.1. The number of carbonyl (C=O) groups is 12. The fourth-order valence-electron chi connectivity index (χ4n) is 20.6. The van der Waals surface area contributed by atoms with Crippen molar-refractivity contribution in [2.75, 3.05) is 76.0 Å². The Morgan fingerprint density at radius 1 is 0.283 bits per heavy atom. The Kier molecular flexibility index (Phi) is 22.3. The molecule has 4 aromatic heterocycles. The number of rotatable bonds is 4. The van der Waals surface area contributed by atoms with E-state index < -0.39 is 100 Å². The third-order valence-corrected chi connectivity index (χ3v) is 49.4. The van der Waals surface area contributed by atoms with Crippen LogP contribution in [-0.4, -0.2) is 269 Å². The molecule has 12 aromatic rings. The van der Waals surface area contributed by atoms with Gasteiger partial charge < -0.3 is 0 Å². The van der Waals surface area contributed by atoms with Gasteiger partial charge in [-0.2, -0.15) is 0 Å². The molecule has 0 radical (unpaired) electrons. The number of para-hydroxylation sites is 8. The van der Waals surface area contributed by atoms with Crippen molar-refractivity contribution < 1.29 is 57.5 Å². The van der Waals surface area contributed by atoms with E-state index in [9.17, 15) is 57.5 Å². The molecule has 32 heteroatoms. The first kappa shape index (κ1) is 92.6. The molecular formula is C106H90N12O12SSe5SiTe. The number of anilines is 12. The van der Waals surface area contributed by atoms with Gasteiger partial charge in [0.15, 0.2) is 0 Å². The summed E-state index contributed by atoms with van der Waals surface area (Å²) in [6.45, 7) is 23.1. The summed E-state index contributed by atoms with van der Waals surface area (Å²) in [5.41, 5.74) is 20.2. The number of amides is 16. The van der Waals surface area contributed by atoms with E-state index in [2.05, 4.69) is 282 Å². The van der Waals surface area contributed by atoms with E-state index in [0.717, 1.165) is 61.8 Å². The Hall–Kier alpha value is -11.8. The standard InChI is InChI=1S/C28H27N3O3SeSi.C26H21N3O3SSe.C26H21N3O3Se2.C26H21N3O3SeTe/c1-28(2)18-10-7-8-12-20(18)31-23-19(28)11-9-13-21(23)36(5,6)22-15-16(35-26(22)31)14-17-24(32)29(3)27(34)30(4)25(17)33;1-26(2)16-8-5-6-10-18(16)29-21-17(26)9-7-11-19(21)33-20-13-14(34-24(20)29)12-15-22(30)27(3)25(32)28(4)23(15)31;2*1-26(2)16-8-5-6-10-18(16)29-21-17(26)9-7-11-19(21)34-20-13-14(33-24(20)29)12-15-22(30)27(3)25(32)28(4)23(15)31/h7-15H,1-6H3;3*5-13H,1-4H3. The number of nitrogens with zero attached hydrogens (tertiary/aromatic N) is 12. The molecule has 0 unspecified atom stereocenters. The molecule has 12 aliphatic rings. The fourth-order valence-corrected chi connectivity index (χ4v) is 44.0. The number of hydrogen-bond donors (Lipinski definition) is 0. The van der Waals surface area contributed by atoms with Gasteiger partial charge in [-0.15, -0.1) is 0 Å². The minimum atomic E-state index is -2.06. The van der Waals surface area contributed by atoms with E-state index in [0.29, 0.717) is 0 Å². The summed E-state index contributed by atoms with van der Waals surface area (Å²) in [5, 5.41) is 2.76. The molecule has 138 heavy (non-hydrogen) atoms. The Balaban J connectivity index is 0.000000110. The van der Waals surface area contributed by atoms with Gasteiger partial charge in [0, 0.05) is 0 Å². The van der Waals surface area contributed by atoms with Crippen molar-refractivity contribution in [3.8, 4) is 0 Å². The molecular weight excluding hydrogens is 2220 g/mol. The number of carbonyl (C=O) groups excluding carboxylic acids is 12. The van der Waals surface area contributed by atoms with Gasteiger partial charge in [-0.1, -0.05) is 0 Å². The number of benzene rings is 8. The van der Waals surface area contributed by atoms with Crippen LogP contribution in [0.2, 0.25) is 13.1 Å². The summed E-state index contributed by atoms with van der Waals surface area (Å²) in [7, 11) is 9.22. The topological polar surface area (TPSA) is 244 Å². The van der Waals surface area contributed by atoms with Gasteiger partial charge >= 0.3 is 851 Å². The van der Waals surface area contributed by atoms with Crippen LogP contribution in [0.1, 0.15) is 118 Å². The minimum absolute atomic E-state index is 0.0287. The number of hydrogen-bond acceptors (Lipinski definition) is 17. The Morgan fingerprint density at radius 2 is 0.601 bits per heavy atom. The van der Waals surface area contributed by atoms with Gasteiger partial charge in [-0.25, -0.2) is 0 Å². The second-order valence-corrected chi connectivity index (χ2v) is 57.8. The third-order valence-electron chi connectivity index (χ3n) is 28.3. The van der Waals surface area contributed by atoms with E-state index in [1.807, 2.05) is 0 Å². The van der Waals surface area contributed by atoms with Gasteiger partial charge in [0.1, 0.15) is 0 Å². The van der Waals surface area contributed by atoms with Gasteiger partial charge in [0.2, 0.25) is 0 Å². The molecule has 0 N–H and O–H groups in total. The molecule has 4 saturated heterocycles. The molecule has 12 aliphatic heterocycles. The summed E-state index contributed by atoms with van der Waals surface area (Å²) in [4.78, 5) is 171. The average Bonchev–Trinajstić information content (AvgIpc) is 1.22. The second-order valence-electron chi connectivity index (χ2n) is 38.1. The normalized spacial score (nSPS) is 18.4. The van der Waals surface area contributed by atoms with Crippen molar-refractivity contribution in [1.29, 1.82) is 0 Å². The van der Waals surface area contributed by atoms with E-state index in [-0.39, 0.29) is 117 Å². The molecule has 24 rings (SSSR count). The van der Waals surface area contributed by atoms with Crippen LogP contribution >= 0.6 is 11.8 Å². The quantitative estimate of drug-likeness (QED) is 0.0903. The van der Waals surface area contributed by atoms with Gasteiger partial charge in [-0.3, -0.25) is 0 Å². The van der Waals surface area contributed by atoms with E-state index in [1.165, 1.54) is 196 Å². The monoisotopic (exact) mass is 2310 g/mol. The number of likely N-dealkylation sites (N-methyl/N-ethyl adjacent to an activating group) is 8. The number of urea groups is 4. The predicted molar refractivity (Wildman–Crippen MR) is 547 cm³/mol. The van der Waals surface area contributed by atoms with Crippen molar-refractivity contribution in [1.82, 2.24) is 39.2 Å². The van der Waals surface area contributed by atoms with Crippen LogP contribution in [0.5, 0.6) is 0 Å². The summed E-state index contributed by atoms with van der Waals surface area (Å²) < 4.78 is 14.4. The van der Waals surface area contributed by atoms with Crippen LogP contribution in [0.25, 0.3) is 24.3 Å². The van der Waals surface area contributed by atoms with Crippen molar-refractivity contribution in [2.45, 2.75) is 99.9 Å². The second kappa shape index (κ2) is 33.2. The molecule has 0 atom stereocenters. The van der Waals surface area contributed by atoms with Crippen molar-refractivity contribution >= 4 is 300 Å². The zero-order chi connectivity index (χ0) is 97.5. The van der Waals surface area contributed by atoms with Crippen LogP contribution in [-0.2, 0) is 60.0 Å². The molecule has 0 saturated carbocycles. The van der Waals surface area contributed by atoms with Crippen LogP contribution < -0.4 is 46.1 Å². The molecule has 0 spiro atoms. The first-order valence-electron chi connectivity index (χ1n) is 44.6. The first-order chi connectivity index (χ1) is 65.5. The molecule has 0 aliphatic carbocycles. The molecule has 16 amide bonds. The Morgan fingerprint density at radius 3 is 1.04 bits per heavy atom. The molecule has 4 fully saturated rings. The van der Waals surface area contributed by atoms with Gasteiger partial charge in [0.05, 0.1) is 0 Å². The van der Waals surface area contributed by atoms with Crippen molar-refractivity contribution in [2.24, 2.45) is 0 Å². The van der Waals surface area contributed by atoms with Crippen LogP contribution in [0.15, 0.2) is 226 Å². The summed E-state index contributed by atoms with van der Waals surface area (Å²) in [5.74, 6) is -4.38. The maximum absolute atomic E-state index is 12.9. The van der Waals surface area contributed by atoms with Crippen molar-refractivity contribution in [3.63, 3.8) is 0 Å². The Labute approximate surface area is 843 Å². The van der Waals surface area contributed by atoms with Crippen LogP contribution in [0.3, 0.4) is 0 Å². The maximum atomic E-state index is 12.9. The van der Waals surface area contributed by atoms with Gasteiger partial charge in [0.25, 0.3) is 0 Å². The number of fused-ring (bicyclic) bond motifs is 16. The molecule has 8 aromatic carbocycles. The first-order valence-corrected chi connectivity index (χ1v) is 59.3. The number of barbiturate groups is 4.